The van der Waals surface area contributed by atoms with Crippen molar-refractivity contribution in [1.29, 1.82) is 0 Å². The SMILES string of the molecule is Nc1ncnc2[nH]c(C(F)(F)F)cc12.OC1(C2COc3ccccc3C2)CCOCC1. The lowest BCUT2D eigenvalue weighted by atomic mass is 9.77. The molecule has 31 heavy (non-hydrogen) atoms. The zero-order chi connectivity index (χ0) is 22.1. The standard InChI is InChI=1S/C14H18O3.C7H5F3N4/c15-14(5-7-16-8-6-14)12-9-11-3-1-2-4-13(11)17-10-12;8-7(9,10)4-1-3-5(11)12-2-13-6(3)14-4/h1-4,12,15H,5-10H2;1-2H,(H3,11,12,13,14). The highest BCUT2D eigenvalue weighted by Crippen LogP contribution is 2.37. The van der Waals surface area contributed by atoms with Gasteiger partial charge in [-0.3, -0.25) is 0 Å². The number of ether oxygens (including phenoxy) is 2. The summed E-state index contributed by atoms with van der Waals surface area (Å²) in [6.07, 6.45) is -0.958. The van der Waals surface area contributed by atoms with Gasteiger partial charge in [-0.15, -0.1) is 0 Å². The van der Waals surface area contributed by atoms with Gasteiger partial charge in [0, 0.05) is 19.1 Å². The van der Waals surface area contributed by atoms with E-state index in [0.717, 1.165) is 37.4 Å². The fourth-order valence-corrected chi connectivity index (χ4v) is 3.92. The number of para-hydroxylation sites is 1. The Balaban J connectivity index is 0.000000152. The van der Waals surface area contributed by atoms with E-state index in [2.05, 4.69) is 21.0 Å². The zero-order valence-corrected chi connectivity index (χ0v) is 16.7. The maximum Gasteiger partial charge on any atom is 0.431 e. The topological polar surface area (TPSA) is 106 Å². The summed E-state index contributed by atoms with van der Waals surface area (Å²) in [6, 6.07) is 9.00. The molecule has 0 spiro atoms. The van der Waals surface area contributed by atoms with Gasteiger partial charge in [0.1, 0.15) is 29.2 Å². The number of fused-ring (bicyclic) bond motifs is 2. The summed E-state index contributed by atoms with van der Waals surface area (Å²) in [4.78, 5) is 9.33. The Bertz CT molecular complexity index is 1050. The molecule has 166 valence electrons. The van der Waals surface area contributed by atoms with Gasteiger partial charge >= 0.3 is 6.18 Å². The number of anilines is 1. The van der Waals surface area contributed by atoms with E-state index in [1.54, 1.807) is 0 Å². The Kier molecular flexibility index (Phi) is 5.76. The highest BCUT2D eigenvalue weighted by atomic mass is 19.4. The molecule has 1 atom stereocenters. The van der Waals surface area contributed by atoms with Crippen molar-refractivity contribution in [1.82, 2.24) is 15.0 Å². The minimum atomic E-state index is -4.42. The lowest BCUT2D eigenvalue weighted by molar-refractivity contribution is -0.140. The van der Waals surface area contributed by atoms with Gasteiger partial charge in [0.15, 0.2) is 0 Å². The molecule has 0 aliphatic carbocycles. The fraction of sp³-hybridized carbons (Fsp3) is 0.429. The molecule has 7 nitrogen and oxygen atoms in total. The largest absolute Gasteiger partial charge is 0.493 e. The van der Waals surface area contributed by atoms with E-state index in [0.29, 0.717) is 19.8 Å². The first-order valence-corrected chi connectivity index (χ1v) is 9.93. The molecule has 0 radical (unpaired) electrons. The number of hydrogen-bond acceptors (Lipinski definition) is 6. The first-order chi connectivity index (χ1) is 14.8. The minimum Gasteiger partial charge on any atom is -0.493 e. The molecular weight excluding hydrogens is 413 g/mol. The smallest absolute Gasteiger partial charge is 0.431 e. The third-order valence-electron chi connectivity index (χ3n) is 5.76. The molecule has 1 unspecified atom stereocenters. The average molecular weight is 436 g/mol. The van der Waals surface area contributed by atoms with Crippen LogP contribution in [-0.4, -0.2) is 45.5 Å². The molecule has 4 N–H and O–H groups in total. The molecule has 2 aliphatic rings. The third-order valence-corrected chi connectivity index (χ3v) is 5.76. The van der Waals surface area contributed by atoms with Crippen molar-refractivity contribution in [3.8, 4) is 5.75 Å². The number of alkyl halides is 3. The van der Waals surface area contributed by atoms with Gasteiger partial charge in [0.2, 0.25) is 0 Å². The molecule has 4 heterocycles. The quantitative estimate of drug-likeness (QED) is 0.540. The van der Waals surface area contributed by atoms with Gasteiger partial charge in [-0.1, -0.05) is 18.2 Å². The molecule has 0 bridgehead atoms. The van der Waals surface area contributed by atoms with Gasteiger partial charge < -0.3 is 25.3 Å². The van der Waals surface area contributed by atoms with Crippen LogP contribution in [0.4, 0.5) is 19.0 Å². The van der Waals surface area contributed by atoms with E-state index < -0.39 is 17.5 Å². The number of aromatic amines is 1. The minimum absolute atomic E-state index is 0.0294. The third kappa shape index (κ3) is 4.59. The second-order valence-electron chi connectivity index (χ2n) is 7.74. The zero-order valence-electron chi connectivity index (χ0n) is 16.7. The number of nitrogens with zero attached hydrogens (tertiary/aromatic N) is 2. The highest BCUT2D eigenvalue weighted by Gasteiger charge is 2.40. The lowest BCUT2D eigenvalue weighted by Crippen LogP contribution is -2.47. The van der Waals surface area contributed by atoms with Crippen LogP contribution in [0, 0.1) is 5.92 Å². The molecule has 5 rings (SSSR count). The molecule has 1 aromatic carbocycles. The van der Waals surface area contributed by atoms with Crippen molar-refractivity contribution in [2.24, 2.45) is 5.92 Å². The summed E-state index contributed by atoms with van der Waals surface area (Å²) in [5.41, 5.74) is 5.19. The molecule has 1 fully saturated rings. The van der Waals surface area contributed by atoms with Crippen LogP contribution >= 0.6 is 0 Å². The number of hydrogen-bond donors (Lipinski definition) is 3. The predicted molar refractivity (Wildman–Crippen MR) is 107 cm³/mol. The summed E-state index contributed by atoms with van der Waals surface area (Å²) < 4.78 is 47.8. The van der Waals surface area contributed by atoms with Crippen molar-refractivity contribution in [3.05, 3.63) is 47.9 Å². The van der Waals surface area contributed by atoms with Crippen LogP contribution < -0.4 is 10.5 Å². The van der Waals surface area contributed by atoms with E-state index in [-0.39, 0.29) is 22.8 Å². The molecule has 2 aliphatic heterocycles. The van der Waals surface area contributed by atoms with Gasteiger partial charge in [0.25, 0.3) is 0 Å². The lowest BCUT2D eigenvalue weighted by Gasteiger charge is -2.41. The number of halogens is 3. The molecule has 10 heteroatoms. The molecule has 2 aromatic heterocycles. The molecule has 3 aromatic rings. The van der Waals surface area contributed by atoms with Crippen molar-refractivity contribution in [3.63, 3.8) is 0 Å². The number of aliphatic hydroxyl groups is 1. The Morgan fingerprint density at radius 3 is 2.61 bits per heavy atom. The number of benzene rings is 1. The summed E-state index contributed by atoms with van der Waals surface area (Å²) in [6.45, 7) is 1.94. The highest BCUT2D eigenvalue weighted by molar-refractivity contribution is 5.86. The second kappa shape index (κ2) is 8.35. The summed E-state index contributed by atoms with van der Waals surface area (Å²) in [5.74, 6) is 1.20. The Morgan fingerprint density at radius 2 is 1.90 bits per heavy atom. The van der Waals surface area contributed by atoms with Gasteiger partial charge in [0.05, 0.1) is 17.6 Å². The first kappa shape index (κ1) is 21.4. The van der Waals surface area contributed by atoms with Crippen molar-refractivity contribution in [2.75, 3.05) is 25.6 Å². The molecular formula is C21H23F3N4O3. The van der Waals surface area contributed by atoms with Crippen LogP contribution in [0.5, 0.6) is 5.75 Å². The maximum absolute atomic E-state index is 12.2. The summed E-state index contributed by atoms with van der Waals surface area (Å²) in [5, 5.41) is 10.8. The van der Waals surface area contributed by atoms with Crippen LogP contribution in [0.25, 0.3) is 11.0 Å². The fourth-order valence-electron chi connectivity index (χ4n) is 3.92. The van der Waals surface area contributed by atoms with E-state index in [9.17, 15) is 18.3 Å². The van der Waals surface area contributed by atoms with Crippen LogP contribution in [-0.2, 0) is 17.3 Å². The predicted octanol–water partition coefficient (Wildman–Crippen LogP) is 3.34. The van der Waals surface area contributed by atoms with Crippen LogP contribution in [0.1, 0.15) is 24.1 Å². The van der Waals surface area contributed by atoms with Crippen LogP contribution in [0.2, 0.25) is 0 Å². The molecule has 0 amide bonds. The first-order valence-electron chi connectivity index (χ1n) is 9.93. The average Bonchev–Trinajstić information content (AvgIpc) is 3.21. The van der Waals surface area contributed by atoms with E-state index in [1.165, 1.54) is 5.56 Å². The molecule has 0 saturated carbocycles. The van der Waals surface area contributed by atoms with Crippen molar-refractivity contribution >= 4 is 16.9 Å². The van der Waals surface area contributed by atoms with Crippen LogP contribution in [0.15, 0.2) is 36.7 Å². The summed E-state index contributed by atoms with van der Waals surface area (Å²) in [7, 11) is 0. The van der Waals surface area contributed by atoms with Crippen LogP contribution in [0.3, 0.4) is 0 Å². The molecule has 1 saturated heterocycles. The van der Waals surface area contributed by atoms with Crippen molar-refractivity contribution in [2.45, 2.75) is 31.0 Å². The van der Waals surface area contributed by atoms with E-state index in [4.69, 9.17) is 15.2 Å². The number of nitrogens with two attached hydrogens (primary N) is 1. The number of nitrogens with one attached hydrogen (secondary N) is 1. The number of rotatable bonds is 1. The van der Waals surface area contributed by atoms with Crippen molar-refractivity contribution < 1.29 is 27.8 Å². The Morgan fingerprint density at radius 1 is 1.16 bits per heavy atom. The number of aromatic nitrogens is 3. The monoisotopic (exact) mass is 436 g/mol. The Labute approximate surface area is 176 Å². The second-order valence-corrected chi connectivity index (χ2v) is 7.74. The number of H-pyrrole nitrogens is 1. The van der Waals surface area contributed by atoms with Gasteiger partial charge in [-0.2, -0.15) is 13.2 Å². The normalized spacial score (nSPS) is 20.3. The Hall–Kier alpha value is -2.85. The number of nitrogen functional groups attached to an aromatic ring is 1. The summed E-state index contributed by atoms with van der Waals surface area (Å²) >= 11 is 0. The van der Waals surface area contributed by atoms with Gasteiger partial charge in [-0.25, -0.2) is 9.97 Å². The van der Waals surface area contributed by atoms with Gasteiger partial charge in [-0.05, 0) is 37.0 Å². The van der Waals surface area contributed by atoms with E-state index in [1.807, 2.05) is 18.2 Å². The maximum atomic E-state index is 12.2. The van der Waals surface area contributed by atoms with E-state index >= 15 is 0 Å².